The van der Waals surface area contributed by atoms with Crippen molar-refractivity contribution < 1.29 is 4.79 Å². The summed E-state index contributed by atoms with van der Waals surface area (Å²) >= 11 is 0. The Morgan fingerprint density at radius 3 is 2.30 bits per heavy atom. The number of hydrogen-bond donors (Lipinski definition) is 2. The third kappa shape index (κ3) is 4.82. The van der Waals surface area contributed by atoms with E-state index in [1.165, 1.54) is 12.0 Å². The largest absolute Gasteiger partial charge is 0.372 e. The van der Waals surface area contributed by atoms with E-state index in [-0.39, 0.29) is 5.91 Å². The van der Waals surface area contributed by atoms with E-state index in [9.17, 15) is 4.79 Å². The molecule has 6 nitrogen and oxygen atoms in total. The zero-order valence-electron chi connectivity index (χ0n) is 15.5. The second-order valence-corrected chi connectivity index (χ2v) is 5.95. The number of anilines is 4. The Labute approximate surface area is 159 Å². The van der Waals surface area contributed by atoms with E-state index < -0.39 is 0 Å². The number of benzene rings is 2. The van der Waals surface area contributed by atoms with Crippen LogP contribution in [-0.4, -0.2) is 29.0 Å². The van der Waals surface area contributed by atoms with Crippen molar-refractivity contribution in [1.29, 1.82) is 0 Å². The molecule has 6 heteroatoms. The third-order valence-electron chi connectivity index (χ3n) is 4.20. The van der Waals surface area contributed by atoms with Gasteiger partial charge < -0.3 is 15.5 Å². The van der Waals surface area contributed by atoms with Crippen molar-refractivity contribution in [1.82, 2.24) is 9.97 Å². The average molecular weight is 361 g/mol. The van der Waals surface area contributed by atoms with E-state index in [1.807, 2.05) is 42.5 Å². The Hall–Kier alpha value is -3.41. The predicted molar refractivity (Wildman–Crippen MR) is 110 cm³/mol. The van der Waals surface area contributed by atoms with E-state index in [2.05, 4.69) is 51.5 Å². The van der Waals surface area contributed by atoms with Crippen molar-refractivity contribution in [3.05, 3.63) is 72.7 Å². The van der Waals surface area contributed by atoms with Gasteiger partial charge in [-0.25, -0.2) is 9.97 Å². The summed E-state index contributed by atoms with van der Waals surface area (Å²) in [5.74, 6) is 0.294. The quantitative estimate of drug-likeness (QED) is 0.656. The van der Waals surface area contributed by atoms with Gasteiger partial charge in [0.15, 0.2) is 0 Å². The monoisotopic (exact) mass is 361 g/mol. The highest BCUT2D eigenvalue weighted by atomic mass is 16.1. The summed E-state index contributed by atoms with van der Waals surface area (Å²) in [6, 6.07) is 19.1. The molecule has 27 heavy (non-hydrogen) atoms. The van der Waals surface area contributed by atoms with Gasteiger partial charge in [0.2, 0.25) is 0 Å². The normalized spacial score (nSPS) is 10.3. The first-order chi connectivity index (χ1) is 13.2. The minimum Gasteiger partial charge on any atom is -0.372 e. The molecule has 3 aromatic rings. The number of carbonyl (C=O) groups is 1. The van der Waals surface area contributed by atoms with Gasteiger partial charge in [0, 0.05) is 36.2 Å². The molecule has 0 aliphatic heterocycles. The number of para-hydroxylation sites is 1. The first kappa shape index (κ1) is 18.4. The van der Waals surface area contributed by atoms with Gasteiger partial charge in [-0.3, -0.25) is 4.79 Å². The van der Waals surface area contributed by atoms with Gasteiger partial charge in [0.25, 0.3) is 5.91 Å². The molecule has 2 aromatic carbocycles. The van der Waals surface area contributed by atoms with E-state index >= 15 is 0 Å². The molecule has 0 spiro atoms. The average Bonchev–Trinajstić information content (AvgIpc) is 2.71. The van der Waals surface area contributed by atoms with Crippen molar-refractivity contribution in [2.75, 3.05) is 28.6 Å². The fraction of sp³-hybridized carbons (Fsp3) is 0.190. The SMILES string of the molecule is CCN(CC)c1ccc(Nc2cc(C(=O)Nc3ccccc3)ncn2)cc1. The molecule has 0 bridgehead atoms. The van der Waals surface area contributed by atoms with Gasteiger partial charge in [0.05, 0.1) is 0 Å². The summed E-state index contributed by atoms with van der Waals surface area (Å²) in [6.45, 7) is 6.21. The zero-order valence-corrected chi connectivity index (χ0v) is 15.5. The molecule has 0 aliphatic rings. The highest BCUT2D eigenvalue weighted by molar-refractivity contribution is 6.03. The van der Waals surface area contributed by atoms with Crippen molar-refractivity contribution in [3.8, 4) is 0 Å². The van der Waals surface area contributed by atoms with E-state index in [4.69, 9.17) is 0 Å². The Morgan fingerprint density at radius 2 is 1.63 bits per heavy atom. The van der Waals surface area contributed by atoms with Crippen molar-refractivity contribution in [2.45, 2.75) is 13.8 Å². The maximum atomic E-state index is 12.4. The molecule has 1 aromatic heterocycles. The molecule has 138 valence electrons. The molecule has 0 unspecified atom stereocenters. The number of hydrogen-bond acceptors (Lipinski definition) is 5. The summed E-state index contributed by atoms with van der Waals surface area (Å²) in [7, 11) is 0. The van der Waals surface area contributed by atoms with Crippen molar-refractivity contribution in [2.24, 2.45) is 0 Å². The van der Waals surface area contributed by atoms with Crippen LogP contribution in [0.3, 0.4) is 0 Å². The summed E-state index contributed by atoms with van der Waals surface area (Å²) in [6.07, 6.45) is 1.38. The topological polar surface area (TPSA) is 70.2 Å². The number of rotatable bonds is 7. The minimum absolute atomic E-state index is 0.275. The van der Waals surface area contributed by atoms with Crippen LogP contribution in [0.2, 0.25) is 0 Å². The van der Waals surface area contributed by atoms with Gasteiger partial charge in [0.1, 0.15) is 17.8 Å². The number of nitrogens with one attached hydrogen (secondary N) is 2. The molecular formula is C21H23N5O. The molecule has 2 N–H and O–H groups in total. The Kier molecular flexibility index (Phi) is 5.99. The van der Waals surface area contributed by atoms with Crippen LogP contribution in [0.15, 0.2) is 67.0 Å². The lowest BCUT2D eigenvalue weighted by atomic mass is 10.2. The third-order valence-corrected chi connectivity index (χ3v) is 4.20. The fourth-order valence-electron chi connectivity index (χ4n) is 2.76. The first-order valence-corrected chi connectivity index (χ1v) is 9.00. The highest BCUT2D eigenvalue weighted by Gasteiger charge is 2.09. The Bertz CT molecular complexity index is 877. The summed E-state index contributed by atoms with van der Waals surface area (Å²) in [5.41, 5.74) is 3.11. The second kappa shape index (κ2) is 8.80. The molecule has 1 amide bonds. The van der Waals surface area contributed by atoms with Crippen LogP contribution in [0, 0.1) is 0 Å². The minimum atomic E-state index is -0.275. The standard InChI is InChI=1S/C21H23N5O/c1-3-26(4-2)18-12-10-17(11-13-18)24-20-14-19(22-15-23-20)21(27)25-16-8-6-5-7-9-16/h5-15H,3-4H2,1-2H3,(H,25,27)(H,22,23,24). The van der Waals surface area contributed by atoms with Gasteiger partial charge in [-0.2, -0.15) is 0 Å². The molecule has 0 saturated carbocycles. The molecule has 0 fully saturated rings. The molecule has 1 heterocycles. The smallest absolute Gasteiger partial charge is 0.274 e. The number of carbonyl (C=O) groups excluding carboxylic acids is 1. The maximum absolute atomic E-state index is 12.4. The Balaban J connectivity index is 1.69. The van der Waals surface area contributed by atoms with Crippen molar-refractivity contribution >= 4 is 28.8 Å². The highest BCUT2D eigenvalue weighted by Crippen LogP contribution is 2.20. The Morgan fingerprint density at radius 1 is 0.926 bits per heavy atom. The predicted octanol–water partition coefficient (Wildman–Crippen LogP) is 4.32. The van der Waals surface area contributed by atoms with Gasteiger partial charge in [-0.1, -0.05) is 18.2 Å². The fourth-order valence-corrected chi connectivity index (χ4v) is 2.76. The number of amides is 1. The van der Waals surface area contributed by atoms with E-state index in [1.54, 1.807) is 6.07 Å². The lowest BCUT2D eigenvalue weighted by Gasteiger charge is -2.21. The lowest BCUT2D eigenvalue weighted by molar-refractivity contribution is 0.102. The molecule has 0 radical (unpaired) electrons. The van der Waals surface area contributed by atoms with Crippen LogP contribution in [0.25, 0.3) is 0 Å². The van der Waals surface area contributed by atoms with Crippen LogP contribution in [0.1, 0.15) is 24.3 Å². The molecular weight excluding hydrogens is 338 g/mol. The van der Waals surface area contributed by atoms with E-state index in [0.717, 1.165) is 24.5 Å². The van der Waals surface area contributed by atoms with Crippen LogP contribution in [0.4, 0.5) is 22.9 Å². The summed E-state index contributed by atoms with van der Waals surface area (Å²) < 4.78 is 0. The van der Waals surface area contributed by atoms with Crippen molar-refractivity contribution in [3.63, 3.8) is 0 Å². The van der Waals surface area contributed by atoms with Crippen LogP contribution in [-0.2, 0) is 0 Å². The number of aromatic nitrogens is 2. The molecule has 0 atom stereocenters. The maximum Gasteiger partial charge on any atom is 0.274 e. The first-order valence-electron chi connectivity index (χ1n) is 9.00. The van der Waals surface area contributed by atoms with Gasteiger partial charge in [-0.15, -0.1) is 0 Å². The summed E-state index contributed by atoms with van der Waals surface area (Å²) in [5, 5.41) is 6.04. The molecule has 3 rings (SSSR count). The zero-order chi connectivity index (χ0) is 19.1. The van der Waals surface area contributed by atoms with Gasteiger partial charge >= 0.3 is 0 Å². The molecule has 0 aliphatic carbocycles. The lowest BCUT2D eigenvalue weighted by Crippen LogP contribution is -2.21. The van der Waals surface area contributed by atoms with Crippen LogP contribution < -0.4 is 15.5 Å². The second-order valence-electron chi connectivity index (χ2n) is 5.95. The van der Waals surface area contributed by atoms with Crippen LogP contribution in [0.5, 0.6) is 0 Å². The number of nitrogens with zero attached hydrogens (tertiary/aromatic N) is 3. The van der Waals surface area contributed by atoms with E-state index in [0.29, 0.717) is 11.5 Å². The summed E-state index contributed by atoms with van der Waals surface area (Å²) in [4.78, 5) is 22.9. The molecule has 0 saturated heterocycles. The van der Waals surface area contributed by atoms with Gasteiger partial charge in [-0.05, 0) is 50.2 Å². The van der Waals surface area contributed by atoms with Crippen LogP contribution >= 0.6 is 0 Å².